The van der Waals surface area contributed by atoms with Crippen molar-refractivity contribution in [2.24, 2.45) is 0 Å². The molecule has 1 saturated heterocycles. The van der Waals surface area contributed by atoms with Crippen LogP contribution in [0.15, 0.2) is 60.7 Å². The number of anilines is 1. The first-order valence-corrected chi connectivity index (χ1v) is 8.24. The van der Waals surface area contributed by atoms with Crippen LogP contribution < -0.4 is 4.90 Å². The Morgan fingerprint density at radius 2 is 1.35 bits per heavy atom. The molecule has 1 heterocycles. The van der Waals surface area contributed by atoms with Crippen LogP contribution in [-0.2, 0) is 10.2 Å². The van der Waals surface area contributed by atoms with Crippen molar-refractivity contribution in [2.45, 2.75) is 19.3 Å². The van der Waals surface area contributed by atoms with E-state index < -0.39 is 5.41 Å². The first-order valence-electron chi connectivity index (χ1n) is 8.24. The van der Waals surface area contributed by atoms with Crippen LogP contribution in [0.1, 0.15) is 19.4 Å². The van der Waals surface area contributed by atoms with Gasteiger partial charge in [0.25, 0.3) is 0 Å². The lowest BCUT2D eigenvalue weighted by Crippen LogP contribution is -2.53. The van der Waals surface area contributed by atoms with Crippen LogP contribution >= 0.6 is 0 Å². The van der Waals surface area contributed by atoms with Gasteiger partial charge >= 0.3 is 0 Å². The molecule has 0 saturated carbocycles. The zero-order valence-electron chi connectivity index (χ0n) is 13.9. The first kappa shape index (κ1) is 15.6. The summed E-state index contributed by atoms with van der Waals surface area (Å²) >= 11 is 0. The summed E-state index contributed by atoms with van der Waals surface area (Å²) in [7, 11) is 0. The third-order valence-corrected chi connectivity index (χ3v) is 4.72. The lowest BCUT2D eigenvalue weighted by Gasteiger charge is -2.39. The number of piperazine rings is 1. The van der Waals surface area contributed by atoms with Crippen LogP contribution in [0.2, 0.25) is 0 Å². The maximum atomic E-state index is 13.0. The molecule has 3 rings (SSSR count). The second kappa shape index (κ2) is 6.45. The quantitative estimate of drug-likeness (QED) is 0.868. The molecule has 0 N–H and O–H groups in total. The molecular formula is C20H24N2O. The third-order valence-electron chi connectivity index (χ3n) is 4.72. The Kier molecular flexibility index (Phi) is 4.37. The van der Waals surface area contributed by atoms with E-state index in [0.29, 0.717) is 0 Å². The predicted octanol–water partition coefficient (Wildman–Crippen LogP) is 3.31. The summed E-state index contributed by atoms with van der Waals surface area (Å²) < 4.78 is 0. The Balaban J connectivity index is 1.67. The molecule has 3 nitrogen and oxygen atoms in total. The minimum absolute atomic E-state index is 0.219. The number of carbonyl (C=O) groups excluding carboxylic acids is 1. The molecule has 1 aliphatic heterocycles. The van der Waals surface area contributed by atoms with E-state index in [1.165, 1.54) is 5.69 Å². The Labute approximate surface area is 138 Å². The average Bonchev–Trinajstić information content (AvgIpc) is 2.63. The molecule has 0 aromatic heterocycles. The monoisotopic (exact) mass is 308 g/mol. The molecule has 1 fully saturated rings. The molecule has 120 valence electrons. The molecule has 0 spiro atoms. The van der Waals surface area contributed by atoms with Crippen LogP contribution in [0.25, 0.3) is 0 Å². The largest absolute Gasteiger partial charge is 0.368 e. The van der Waals surface area contributed by atoms with Crippen molar-refractivity contribution in [3.05, 3.63) is 66.2 Å². The van der Waals surface area contributed by atoms with Crippen molar-refractivity contribution in [1.29, 1.82) is 0 Å². The number of benzene rings is 2. The highest BCUT2D eigenvalue weighted by Gasteiger charge is 2.34. The van der Waals surface area contributed by atoms with Gasteiger partial charge in [0.05, 0.1) is 5.41 Å². The van der Waals surface area contributed by atoms with E-state index in [1.807, 2.05) is 55.1 Å². The number of hydrogen-bond donors (Lipinski definition) is 0. The highest BCUT2D eigenvalue weighted by atomic mass is 16.2. The number of para-hydroxylation sites is 1. The molecule has 2 aromatic rings. The van der Waals surface area contributed by atoms with E-state index in [1.54, 1.807) is 0 Å². The molecular weight excluding hydrogens is 284 g/mol. The molecule has 0 bridgehead atoms. The van der Waals surface area contributed by atoms with Gasteiger partial charge < -0.3 is 9.80 Å². The molecule has 23 heavy (non-hydrogen) atoms. The van der Waals surface area contributed by atoms with Gasteiger partial charge in [0.15, 0.2) is 0 Å². The smallest absolute Gasteiger partial charge is 0.232 e. The van der Waals surface area contributed by atoms with Crippen molar-refractivity contribution in [2.75, 3.05) is 31.1 Å². The summed E-state index contributed by atoms with van der Waals surface area (Å²) in [6.45, 7) is 7.39. The van der Waals surface area contributed by atoms with E-state index in [-0.39, 0.29) is 5.91 Å². The molecule has 0 radical (unpaired) electrons. The highest BCUT2D eigenvalue weighted by molar-refractivity contribution is 5.87. The molecule has 0 aliphatic carbocycles. The molecule has 0 unspecified atom stereocenters. The van der Waals surface area contributed by atoms with E-state index >= 15 is 0 Å². The normalized spacial score (nSPS) is 15.6. The van der Waals surface area contributed by atoms with Gasteiger partial charge in [-0.3, -0.25) is 4.79 Å². The molecule has 3 heteroatoms. The van der Waals surface area contributed by atoms with Crippen LogP contribution in [0.4, 0.5) is 5.69 Å². The van der Waals surface area contributed by atoms with E-state index in [4.69, 9.17) is 0 Å². The van der Waals surface area contributed by atoms with Gasteiger partial charge in [-0.2, -0.15) is 0 Å². The first-order chi connectivity index (χ1) is 11.1. The summed E-state index contributed by atoms with van der Waals surface area (Å²) in [6, 6.07) is 20.5. The lowest BCUT2D eigenvalue weighted by atomic mass is 9.83. The van der Waals surface area contributed by atoms with Crippen molar-refractivity contribution in [3.63, 3.8) is 0 Å². The Morgan fingerprint density at radius 3 is 1.91 bits per heavy atom. The van der Waals surface area contributed by atoms with Crippen molar-refractivity contribution >= 4 is 11.6 Å². The minimum Gasteiger partial charge on any atom is -0.368 e. The Bertz CT molecular complexity index is 644. The van der Waals surface area contributed by atoms with Crippen molar-refractivity contribution in [1.82, 2.24) is 4.90 Å². The fourth-order valence-electron chi connectivity index (χ4n) is 3.18. The van der Waals surface area contributed by atoms with Gasteiger partial charge in [0.2, 0.25) is 5.91 Å². The molecule has 0 atom stereocenters. The summed E-state index contributed by atoms with van der Waals surface area (Å²) in [6.07, 6.45) is 0. The Morgan fingerprint density at radius 1 is 0.826 bits per heavy atom. The zero-order chi connectivity index (χ0) is 16.3. The second-order valence-corrected chi connectivity index (χ2v) is 6.61. The number of amides is 1. The molecule has 1 aliphatic rings. The number of nitrogens with zero attached hydrogens (tertiary/aromatic N) is 2. The fraction of sp³-hybridized carbons (Fsp3) is 0.350. The number of hydrogen-bond acceptors (Lipinski definition) is 2. The van der Waals surface area contributed by atoms with Gasteiger partial charge in [-0.25, -0.2) is 0 Å². The molecule has 2 aromatic carbocycles. The van der Waals surface area contributed by atoms with E-state index in [2.05, 4.69) is 29.2 Å². The third kappa shape index (κ3) is 3.24. The highest BCUT2D eigenvalue weighted by Crippen LogP contribution is 2.26. The van der Waals surface area contributed by atoms with Crippen LogP contribution in [0.5, 0.6) is 0 Å². The topological polar surface area (TPSA) is 23.6 Å². The maximum Gasteiger partial charge on any atom is 0.232 e. The second-order valence-electron chi connectivity index (χ2n) is 6.61. The lowest BCUT2D eigenvalue weighted by molar-refractivity contribution is -0.136. The van der Waals surface area contributed by atoms with Gasteiger partial charge in [0.1, 0.15) is 0 Å². The maximum absolute atomic E-state index is 13.0. The van der Waals surface area contributed by atoms with Crippen molar-refractivity contribution < 1.29 is 4.79 Å². The van der Waals surface area contributed by atoms with Gasteiger partial charge in [-0.15, -0.1) is 0 Å². The summed E-state index contributed by atoms with van der Waals surface area (Å²) in [5, 5.41) is 0. The predicted molar refractivity (Wildman–Crippen MR) is 94.7 cm³/mol. The molecule has 1 amide bonds. The fourth-order valence-corrected chi connectivity index (χ4v) is 3.18. The summed E-state index contributed by atoms with van der Waals surface area (Å²) in [4.78, 5) is 17.3. The van der Waals surface area contributed by atoms with Crippen LogP contribution in [0.3, 0.4) is 0 Å². The number of carbonyl (C=O) groups is 1. The van der Waals surface area contributed by atoms with E-state index in [0.717, 1.165) is 31.7 Å². The van der Waals surface area contributed by atoms with Gasteiger partial charge in [0, 0.05) is 31.9 Å². The minimum atomic E-state index is -0.476. The SMILES string of the molecule is CC(C)(C(=O)N1CCN(c2ccccc2)CC1)c1ccccc1. The van der Waals surface area contributed by atoms with Gasteiger partial charge in [-0.05, 0) is 31.5 Å². The number of rotatable bonds is 3. The van der Waals surface area contributed by atoms with Crippen LogP contribution in [0, 0.1) is 0 Å². The van der Waals surface area contributed by atoms with Crippen LogP contribution in [-0.4, -0.2) is 37.0 Å². The Hall–Kier alpha value is -2.29. The van der Waals surface area contributed by atoms with E-state index in [9.17, 15) is 4.79 Å². The standard InChI is InChI=1S/C20H24N2O/c1-20(2,17-9-5-3-6-10-17)19(23)22-15-13-21(14-16-22)18-11-7-4-8-12-18/h3-12H,13-16H2,1-2H3. The zero-order valence-corrected chi connectivity index (χ0v) is 13.9. The summed E-state index contributed by atoms with van der Waals surface area (Å²) in [5.41, 5.74) is 1.84. The van der Waals surface area contributed by atoms with Gasteiger partial charge in [-0.1, -0.05) is 48.5 Å². The average molecular weight is 308 g/mol. The van der Waals surface area contributed by atoms with Crippen molar-refractivity contribution in [3.8, 4) is 0 Å². The summed E-state index contributed by atoms with van der Waals surface area (Å²) in [5.74, 6) is 0.219.